The van der Waals surface area contributed by atoms with Gasteiger partial charge < -0.3 is 14.8 Å². The van der Waals surface area contributed by atoms with Crippen LogP contribution in [-0.4, -0.2) is 36.6 Å². The van der Waals surface area contributed by atoms with Crippen molar-refractivity contribution in [1.29, 1.82) is 0 Å². The number of aromatic nitrogens is 4. The van der Waals surface area contributed by atoms with Crippen LogP contribution in [0, 0.1) is 0 Å². The van der Waals surface area contributed by atoms with Gasteiger partial charge in [-0.05, 0) is 25.1 Å². The van der Waals surface area contributed by atoms with Gasteiger partial charge >= 0.3 is 6.03 Å². The van der Waals surface area contributed by atoms with Crippen LogP contribution in [0.25, 0.3) is 5.82 Å². The van der Waals surface area contributed by atoms with Crippen LogP contribution >= 0.6 is 0 Å². The Bertz CT molecular complexity index is 869. The first-order valence-electron chi connectivity index (χ1n) is 8.36. The highest BCUT2D eigenvalue weighted by Crippen LogP contribution is 2.25. The van der Waals surface area contributed by atoms with E-state index in [4.69, 9.17) is 0 Å². The zero-order chi connectivity index (χ0) is 17.2. The molecule has 0 spiro atoms. The molecular weight excluding hydrogens is 316 g/mol. The molecule has 7 nitrogen and oxygen atoms in total. The number of hydrogen-bond donors (Lipinski definition) is 1. The van der Waals surface area contributed by atoms with Crippen molar-refractivity contribution < 1.29 is 4.79 Å². The standard InChI is InChI=1S/C18H20N6O/c1-14-16-5-3-8-22(16)10-11-24(14)18(25)21-12-15-4-2-6-20-17(15)23-9-7-19-13-23/h2-9,13-14H,10-12H2,1H3,(H,21,25)/t14-/m1/s1. The summed E-state index contributed by atoms with van der Waals surface area (Å²) in [6.45, 7) is 4.01. The molecule has 3 aromatic heterocycles. The van der Waals surface area contributed by atoms with E-state index in [9.17, 15) is 4.79 Å². The molecule has 7 heteroatoms. The molecule has 1 aliphatic rings. The summed E-state index contributed by atoms with van der Waals surface area (Å²) in [6.07, 6.45) is 9.06. The van der Waals surface area contributed by atoms with Gasteiger partial charge in [0.05, 0.1) is 6.04 Å². The summed E-state index contributed by atoms with van der Waals surface area (Å²) in [7, 11) is 0. The summed E-state index contributed by atoms with van der Waals surface area (Å²) in [5, 5.41) is 3.03. The maximum atomic E-state index is 12.7. The smallest absolute Gasteiger partial charge is 0.318 e. The van der Waals surface area contributed by atoms with E-state index >= 15 is 0 Å². The molecule has 0 saturated carbocycles. The fraction of sp³-hybridized carbons (Fsp3) is 0.278. The van der Waals surface area contributed by atoms with Gasteiger partial charge in [0.15, 0.2) is 0 Å². The van der Waals surface area contributed by atoms with Crippen molar-refractivity contribution >= 4 is 6.03 Å². The number of urea groups is 1. The first kappa shape index (κ1) is 15.4. The summed E-state index contributed by atoms with van der Waals surface area (Å²) in [5.74, 6) is 0.779. The van der Waals surface area contributed by atoms with Crippen LogP contribution in [0.3, 0.4) is 0 Å². The maximum Gasteiger partial charge on any atom is 0.318 e. The lowest BCUT2D eigenvalue weighted by molar-refractivity contribution is 0.162. The van der Waals surface area contributed by atoms with Gasteiger partial charge in [-0.1, -0.05) is 6.07 Å². The second-order valence-corrected chi connectivity index (χ2v) is 6.11. The van der Waals surface area contributed by atoms with Gasteiger partial charge in [-0.2, -0.15) is 0 Å². The number of imidazole rings is 1. The molecule has 1 aliphatic heterocycles. The van der Waals surface area contributed by atoms with E-state index in [1.807, 2.05) is 33.9 Å². The lowest BCUT2D eigenvalue weighted by atomic mass is 10.1. The molecule has 3 aromatic rings. The summed E-state index contributed by atoms with van der Waals surface area (Å²) in [4.78, 5) is 23.0. The Morgan fingerprint density at radius 1 is 1.24 bits per heavy atom. The molecule has 128 valence electrons. The molecular formula is C18H20N6O. The Morgan fingerprint density at radius 3 is 3.00 bits per heavy atom. The van der Waals surface area contributed by atoms with Gasteiger partial charge in [0, 0.05) is 55.7 Å². The van der Waals surface area contributed by atoms with Gasteiger partial charge in [-0.25, -0.2) is 14.8 Å². The molecule has 1 atom stereocenters. The molecule has 2 amide bonds. The Labute approximate surface area is 145 Å². The molecule has 4 rings (SSSR count). The van der Waals surface area contributed by atoms with Crippen molar-refractivity contribution in [1.82, 2.24) is 29.3 Å². The van der Waals surface area contributed by atoms with Gasteiger partial charge in [0.25, 0.3) is 0 Å². The van der Waals surface area contributed by atoms with E-state index in [0.29, 0.717) is 13.1 Å². The van der Waals surface area contributed by atoms with E-state index in [1.54, 1.807) is 18.7 Å². The average Bonchev–Trinajstić information content (AvgIpc) is 3.32. The van der Waals surface area contributed by atoms with Crippen LogP contribution in [0.5, 0.6) is 0 Å². The van der Waals surface area contributed by atoms with Crippen LogP contribution < -0.4 is 5.32 Å². The summed E-state index contributed by atoms with van der Waals surface area (Å²) in [5.41, 5.74) is 2.11. The van der Waals surface area contributed by atoms with E-state index < -0.39 is 0 Å². The minimum absolute atomic E-state index is 0.0552. The predicted octanol–water partition coefficient (Wildman–Crippen LogP) is 2.36. The fourth-order valence-corrected chi connectivity index (χ4v) is 3.31. The SMILES string of the molecule is C[C@@H]1c2cccn2CCN1C(=O)NCc1cccnc1-n1ccnc1. The molecule has 0 aliphatic carbocycles. The quantitative estimate of drug-likeness (QED) is 0.798. The number of fused-ring (bicyclic) bond motifs is 1. The third kappa shape index (κ3) is 2.88. The average molecular weight is 336 g/mol. The Balaban J connectivity index is 1.47. The summed E-state index contributed by atoms with van der Waals surface area (Å²) < 4.78 is 4.05. The van der Waals surface area contributed by atoms with Crippen molar-refractivity contribution in [3.05, 3.63) is 66.6 Å². The summed E-state index contributed by atoms with van der Waals surface area (Å²) >= 11 is 0. The molecule has 0 unspecified atom stereocenters. The lowest BCUT2D eigenvalue weighted by Gasteiger charge is -2.34. The topological polar surface area (TPSA) is 68.0 Å². The number of rotatable bonds is 3. The Kier molecular flexibility index (Phi) is 3.97. The number of pyridine rings is 1. The van der Waals surface area contributed by atoms with Crippen LogP contribution in [0.15, 0.2) is 55.4 Å². The van der Waals surface area contributed by atoms with Gasteiger partial charge in [-0.15, -0.1) is 0 Å². The third-order valence-electron chi connectivity index (χ3n) is 4.65. The zero-order valence-electron chi connectivity index (χ0n) is 14.0. The van der Waals surface area contributed by atoms with Crippen LogP contribution in [-0.2, 0) is 13.1 Å². The van der Waals surface area contributed by atoms with E-state index in [2.05, 4.69) is 39.0 Å². The summed E-state index contributed by atoms with van der Waals surface area (Å²) in [6, 6.07) is 7.94. The largest absolute Gasteiger partial charge is 0.348 e. The molecule has 4 heterocycles. The zero-order valence-corrected chi connectivity index (χ0v) is 14.0. The normalized spacial score (nSPS) is 16.5. The number of amides is 2. The number of carbonyl (C=O) groups is 1. The number of hydrogen-bond acceptors (Lipinski definition) is 3. The maximum absolute atomic E-state index is 12.7. The highest BCUT2D eigenvalue weighted by molar-refractivity contribution is 5.75. The van der Waals surface area contributed by atoms with Gasteiger partial charge in [0.1, 0.15) is 12.1 Å². The van der Waals surface area contributed by atoms with Crippen LogP contribution in [0.2, 0.25) is 0 Å². The van der Waals surface area contributed by atoms with E-state index in [1.165, 1.54) is 5.69 Å². The Hall–Kier alpha value is -3.09. The van der Waals surface area contributed by atoms with Crippen molar-refractivity contribution in [2.75, 3.05) is 6.54 Å². The molecule has 0 fully saturated rings. The molecule has 0 bridgehead atoms. The third-order valence-corrected chi connectivity index (χ3v) is 4.65. The van der Waals surface area contributed by atoms with Gasteiger partial charge in [0.2, 0.25) is 0 Å². The Morgan fingerprint density at radius 2 is 2.16 bits per heavy atom. The number of carbonyl (C=O) groups excluding carboxylic acids is 1. The molecule has 0 aromatic carbocycles. The second kappa shape index (κ2) is 6.43. The van der Waals surface area contributed by atoms with Crippen molar-refractivity contribution in [2.24, 2.45) is 0 Å². The fourth-order valence-electron chi connectivity index (χ4n) is 3.31. The highest BCUT2D eigenvalue weighted by Gasteiger charge is 2.27. The first-order chi connectivity index (χ1) is 12.2. The minimum Gasteiger partial charge on any atom is -0.348 e. The molecule has 0 saturated heterocycles. The number of nitrogens with one attached hydrogen (secondary N) is 1. The van der Waals surface area contributed by atoms with Crippen molar-refractivity contribution in [2.45, 2.75) is 26.1 Å². The number of nitrogens with zero attached hydrogens (tertiary/aromatic N) is 5. The minimum atomic E-state index is -0.0552. The predicted molar refractivity (Wildman–Crippen MR) is 93.1 cm³/mol. The monoisotopic (exact) mass is 336 g/mol. The van der Waals surface area contributed by atoms with Crippen molar-refractivity contribution in [3.63, 3.8) is 0 Å². The lowest BCUT2D eigenvalue weighted by Crippen LogP contribution is -2.45. The highest BCUT2D eigenvalue weighted by atomic mass is 16.2. The first-order valence-corrected chi connectivity index (χ1v) is 8.36. The van der Waals surface area contributed by atoms with E-state index in [-0.39, 0.29) is 12.1 Å². The molecule has 1 N–H and O–H groups in total. The van der Waals surface area contributed by atoms with Crippen molar-refractivity contribution in [3.8, 4) is 5.82 Å². The van der Waals surface area contributed by atoms with Crippen LogP contribution in [0.1, 0.15) is 24.2 Å². The molecule has 0 radical (unpaired) electrons. The van der Waals surface area contributed by atoms with Gasteiger partial charge in [-0.3, -0.25) is 4.57 Å². The van der Waals surface area contributed by atoms with E-state index in [0.717, 1.165) is 17.9 Å². The molecule has 25 heavy (non-hydrogen) atoms. The second-order valence-electron chi connectivity index (χ2n) is 6.11. The van der Waals surface area contributed by atoms with Crippen LogP contribution in [0.4, 0.5) is 4.79 Å².